The molecule has 9 heavy (non-hydrogen) atoms. The summed E-state index contributed by atoms with van der Waals surface area (Å²) in [6, 6.07) is 0. The number of hydrogen-bond donors (Lipinski definition) is 0. The Morgan fingerprint density at radius 2 is 2.33 bits per heavy atom. The molecule has 0 aliphatic carbocycles. The van der Waals surface area contributed by atoms with Crippen molar-refractivity contribution >= 4 is 5.78 Å². The first-order valence-electron chi connectivity index (χ1n) is 3.29. The monoisotopic (exact) mass is 126 g/mol. The number of hydrogen-bond acceptors (Lipinski definition) is 1. The molecule has 0 aromatic heterocycles. The Morgan fingerprint density at radius 3 is 2.67 bits per heavy atom. The standard InChI is InChI=1S/C8H14O/c1-4-5-6-7(2)8(3)9/h4,7H,1,5-6H2,2-3H3/t7-/m0/s1. The van der Waals surface area contributed by atoms with Gasteiger partial charge in [-0.05, 0) is 19.8 Å². The lowest BCUT2D eigenvalue weighted by atomic mass is 10.0. The largest absolute Gasteiger partial charge is 0.300 e. The van der Waals surface area contributed by atoms with Crippen LogP contribution in [0.3, 0.4) is 0 Å². The molecule has 0 saturated heterocycles. The van der Waals surface area contributed by atoms with Crippen molar-refractivity contribution < 1.29 is 4.79 Å². The van der Waals surface area contributed by atoms with E-state index in [9.17, 15) is 4.79 Å². The molecule has 0 aromatic rings. The molecule has 0 unspecified atom stereocenters. The SMILES string of the molecule is C=CCC[C@H](C)C(C)=O. The summed E-state index contributed by atoms with van der Waals surface area (Å²) in [5, 5.41) is 0. The summed E-state index contributed by atoms with van der Waals surface area (Å²) in [7, 11) is 0. The van der Waals surface area contributed by atoms with E-state index < -0.39 is 0 Å². The number of ketones is 1. The fraction of sp³-hybridized carbons (Fsp3) is 0.625. The second-order valence-corrected chi connectivity index (χ2v) is 2.38. The molecule has 52 valence electrons. The van der Waals surface area contributed by atoms with Gasteiger partial charge in [0, 0.05) is 5.92 Å². The molecule has 0 heterocycles. The van der Waals surface area contributed by atoms with Gasteiger partial charge in [-0.1, -0.05) is 13.0 Å². The van der Waals surface area contributed by atoms with Crippen LogP contribution in [-0.4, -0.2) is 5.78 Å². The maximum atomic E-state index is 10.6. The van der Waals surface area contributed by atoms with Crippen LogP contribution in [0.15, 0.2) is 12.7 Å². The Bertz CT molecular complexity index is 105. The lowest BCUT2D eigenvalue weighted by Crippen LogP contribution is -2.04. The van der Waals surface area contributed by atoms with Gasteiger partial charge in [0.25, 0.3) is 0 Å². The predicted octanol–water partition coefficient (Wildman–Crippen LogP) is 2.18. The highest BCUT2D eigenvalue weighted by molar-refractivity contribution is 5.77. The van der Waals surface area contributed by atoms with E-state index in [1.165, 1.54) is 0 Å². The van der Waals surface area contributed by atoms with Gasteiger partial charge in [-0.15, -0.1) is 6.58 Å². The van der Waals surface area contributed by atoms with Crippen molar-refractivity contribution in [2.45, 2.75) is 26.7 Å². The first-order valence-corrected chi connectivity index (χ1v) is 3.29. The number of rotatable bonds is 4. The van der Waals surface area contributed by atoms with Gasteiger partial charge in [0.1, 0.15) is 5.78 Å². The van der Waals surface area contributed by atoms with E-state index in [4.69, 9.17) is 0 Å². The highest BCUT2D eigenvalue weighted by Crippen LogP contribution is 2.05. The molecule has 1 atom stereocenters. The minimum atomic E-state index is 0.211. The first-order chi connectivity index (χ1) is 4.18. The Labute approximate surface area is 56.8 Å². The number of carbonyl (C=O) groups excluding carboxylic acids is 1. The molecule has 0 aliphatic rings. The smallest absolute Gasteiger partial charge is 0.132 e. The third kappa shape index (κ3) is 3.95. The van der Waals surface area contributed by atoms with Gasteiger partial charge < -0.3 is 0 Å². The van der Waals surface area contributed by atoms with E-state index in [1.54, 1.807) is 6.92 Å². The minimum absolute atomic E-state index is 0.211. The van der Waals surface area contributed by atoms with Crippen molar-refractivity contribution in [1.82, 2.24) is 0 Å². The molecular formula is C8H14O. The van der Waals surface area contributed by atoms with Crippen molar-refractivity contribution in [2.24, 2.45) is 5.92 Å². The highest BCUT2D eigenvalue weighted by Gasteiger charge is 2.04. The van der Waals surface area contributed by atoms with Gasteiger partial charge in [0.15, 0.2) is 0 Å². The topological polar surface area (TPSA) is 17.1 Å². The van der Waals surface area contributed by atoms with Gasteiger partial charge in [-0.2, -0.15) is 0 Å². The van der Waals surface area contributed by atoms with Crippen LogP contribution in [0.25, 0.3) is 0 Å². The van der Waals surface area contributed by atoms with E-state index in [0.29, 0.717) is 0 Å². The molecule has 1 nitrogen and oxygen atoms in total. The van der Waals surface area contributed by atoms with Crippen molar-refractivity contribution in [1.29, 1.82) is 0 Å². The molecule has 0 spiro atoms. The molecule has 0 fully saturated rings. The van der Waals surface area contributed by atoms with Crippen LogP contribution in [0.2, 0.25) is 0 Å². The molecule has 0 aliphatic heterocycles. The third-order valence-corrected chi connectivity index (χ3v) is 1.50. The van der Waals surface area contributed by atoms with E-state index in [0.717, 1.165) is 12.8 Å². The molecule has 0 amide bonds. The first kappa shape index (κ1) is 8.41. The summed E-state index contributed by atoms with van der Waals surface area (Å²) < 4.78 is 0. The fourth-order valence-corrected chi connectivity index (χ4v) is 0.571. The van der Waals surface area contributed by atoms with Crippen LogP contribution in [0.4, 0.5) is 0 Å². The molecule has 0 aromatic carbocycles. The molecular weight excluding hydrogens is 112 g/mol. The van der Waals surface area contributed by atoms with Crippen molar-refractivity contribution in [2.75, 3.05) is 0 Å². The second kappa shape index (κ2) is 4.30. The van der Waals surface area contributed by atoms with E-state index in [1.807, 2.05) is 13.0 Å². The zero-order chi connectivity index (χ0) is 7.28. The normalized spacial score (nSPS) is 12.7. The maximum absolute atomic E-state index is 10.6. The molecule has 0 radical (unpaired) electrons. The lowest BCUT2D eigenvalue weighted by molar-refractivity contribution is -0.120. The Kier molecular flexibility index (Phi) is 4.02. The van der Waals surface area contributed by atoms with Gasteiger partial charge in [0.05, 0.1) is 0 Å². The van der Waals surface area contributed by atoms with Crippen molar-refractivity contribution in [3.8, 4) is 0 Å². The van der Waals surface area contributed by atoms with Crippen LogP contribution >= 0.6 is 0 Å². The van der Waals surface area contributed by atoms with Gasteiger partial charge >= 0.3 is 0 Å². The molecule has 0 N–H and O–H groups in total. The fourth-order valence-electron chi connectivity index (χ4n) is 0.571. The summed E-state index contributed by atoms with van der Waals surface area (Å²) in [6.07, 6.45) is 3.74. The van der Waals surface area contributed by atoms with E-state index >= 15 is 0 Å². The summed E-state index contributed by atoms with van der Waals surface area (Å²) in [4.78, 5) is 10.6. The van der Waals surface area contributed by atoms with Crippen LogP contribution in [0.5, 0.6) is 0 Å². The zero-order valence-electron chi connectivity index (χ0n) is 6.18. The van der Waals surface area contributed by atoms with Gasteiger partial charge in [-0.25, -0.2) is 0 Å². The Balaban J connectivity index is 3.37. The molecule has 0 bridgehead atoms. The van der Waals surface area contributed by atoms with Crippen LogP contribution in [0, 0.1) is 5.92 Å². The average Bonchev–Trinajstić information content (AvgIpc) is 1.82. The summed E-state index contributed by atoms with van der Waals surface area (Å²) in [6.45, 7) is 7.16. The highest BCUT2D eigenvalue weighted by atomic mass is 16.1. The second-order valence-electron chi connectivity index (χ2n) is 2.38. The quantitative estimate of drug-likeness (QED) is 0.528. The zero-order valence-corrected chi connectivity index (χ0v) is 6.18. The van der Waals surface area contributed by atoms with Crippen molar-refractivity contribution in [3.63, 3.8) is 0 Å². The van der Waals surface area contributed by atoms with Gasteiger partial charge in [0.2, 0.25) is 0 Å². The maximum Gasteiger partial charge on any atom is 0.132 e. The number of allylic oxidation sites excluding steroid dienone is 1. The lowest BCUT2D eigenvalue weighted by Gasteiger charge is -2.02. The Morgan fingerprint density at radius 1 is 1.78 bits per heavy atom. The number of carbonyl (C=O) groups is 1. The predicted molar refractivity (Wildman–Crippen MR) is 39.3 cm³/mol. The van der Waals surface area contributed by atoms with Crippen LogP contribution in [-0.2, 0) is 4.79 Å². The third-order valence-electron chi connectivity index (χ3n) is 1.50. The van der Waals surface area contributed by atoms with E-state index in [-0.39, 0.29) is 11.7 Å². The number of Topliss-reactive ketones (excluding diaryl/α,β-unsaturated/α-hetero) is 1. The van der Waals surface area contributed by atoms with Crippen LogP contribution < -0.4 is 0 Å². The van der Waals surface area contributed by atoms with Crippen molar-refractivity contribution in [3.05, 3.63) is 12.7 Å². The minimum Gasteiger partial charge on any atom is -0.300 e. The average molecular weight is 126 g/mol. The van der Waals surface area contributed by atoms with E-state index in [2.05, 4.69) is 6.58 Å². The summed E-state index contributed by atoms with van der Waals surface area (Å²) in [5.41, 5.74) is 0. The summed E-state index contributed by atoms with van der Waals surface area (Å²) >= 11 is 0. The van der Waals surface area contributed by atoms with Crippen LogP contribution in [0.1, 0.15) is 26.7 Å². The summed E-state index contributed by atoms with van der Waals surface area (Å²) in [5.74, 6) is 0.486. The molecule has 0 rings (SSSR count). The molecule has 0 saturated carbocycles. The molecule has 1 heteroatoms. The Hall–Kier alpha value is -0.590. The van der Waals surface area contributed by atoms with Gasteiger partial charge in [-0.3, -0.25) is 4.79 Å².